The Labute approximate surface area is 186 Å². The highest BCUT2D eigenvalue weighted by Crippen LogP contribution is 2.23. The maximum atomic E-state index is 12.7. The third-order valence-electron chi connectivity index (χ3n) is 5.74. The molecule has 1 aliphatic heterocycles. The third kappa shape index (κ3) is 4.29. The van der Waals surface area contributed by atoms with Crippen molar-refractivity contribution in [2.24, 2.45) is 0 Å². The number of aromatic nitrogens is 3. The Bertz CT molecular complexity index is 1230. The second-order valence-corrected chi connectivity index (χ2v) is 8.00. The van der Waals surface area contributed by atoms with Gasteiger partial charge in [-0.2, -0.15) is 0 Å². The van der Waals surface area contributed by atoms with E-state index in [0.717, 1.165) is 54.0 Å². The molecule has 7 nitrogen and oxygen atoms in total. The molecule has 1 aromatic heterocycles. The molecule has 5 rings (SSSR count). The van der Waals surface area contributed by atoms with Gasteiger partial charge in [0.25, 0.3) is 5.91 Å². The number of amides is 1. The summed E-state index contributed by atoms with van der Waals surface area (Å²) in [6.45, 7) is 3.33. The zero-order chi connectivity index (χ0) is 21.9. The van der Waals surface area contributed by atoms with E-state index in [2.05, 4.69) is 44.6 Å². The molecule has 160 valence electrons. The number of rotatable bonds is 4. The number of anilines is 2. The number of fused-ring (bicyclic) bond motifs is 1. The third-order valence-corrected chi connectivity index (χ3v) is 5.74. The lowest BCUT2D eigenvalue weighted by molar-refractivity contribution is 0.0664. The fourth-order valence-electron chi connectivity index (χ4n) is 3.82. The van der Waals surface area contributed by atoms with Gasteiger partial charge in [-0.05, 0) is 54.6 Å². The molecule has 1 fully saturated rings. The summed E-state index contributed by atoms with van der Waals surface area (Å²) in [6.07, 6.45) is 0. The summed E-state index contributed by atoms with van der Waals surface area (Å²) in [7, 11) is 2.08. The molecule has 4 aromatic rings. The van der Waals surface area contributed by atoms with Crippen molar-refractivity contribution in [1.82, 2.24) is 25.0 Å². The van der Waals surface area contributed by atoms with Crippen molar-refractivity contribution < 1.29 is 4.79 Å². The Hall–Kier alpha value is -3.84. The van der Waals surface area contributed by atoms with E-state index in [1.807, 2.05) is 65.6 Å². The number of carbonyl (C=O) groups is 1. The Morgan fingerprint density at radius 2 is 1.56 bits per heavy atom. The van der Waals surface area contributed by atoms with Gasteiger partial charge in [0.05, 0.1) is 5.52 Å². The lowest BCUT2D eigenvalue weighted by Crippen LogP contribution is -2.47. The van der Waals surface area contributed by atoms with Crippen molar-refractivity contribution in [2.75, 3.05) is 38.5 Å². The van der Waals surface area contributed by atoms with Gasteiger partial charge in [0.1, 0.15) is 5.52 Å². The molecule has 0 spiro atoms. The van der Waals surface area contributed by atoms with Gasteiger partial charge in [-0.3, -0.25) is 4.79 Å². The van der Waals surface area contributed by atoms with Gasteiger partial charge < -0.3 is 15.1 Å². The van der Waals surface area contributed by atoms with E-state index < -0.39 is 0 Å². The molecule has 0 unspecified atom stereocenters. The molecule has 32 heavy (non-hydrogen) atoms. The molecule has 2 heterocycles. The van der Waals surface area contributed by atoms with Crippen molar-refractivity contribution in [3.63, 3.8) is 0 Å². The highest BCUT2D eigenvalue weighted by Gasteiger charge is 2.20. The van der Waals surface area contributed by atoms with Crippen LogP contribution in [-0.4, -0.2) is 64.1 Å². The predicted molar refractivity (Wildman–Crippen MR) is 126 cm³/mol. The zero-order valence-electron chi connectivity index (χ0n) is 17.9. The smallest absolute Gasteiger partial charge is 0.253 e. The van der Waals surface area contributed by atoms with Crippen LogP contribution in [0.1, 0.15) is 10.4 Å². The molecule has 1 saturated heterocycles. The summed E-state index contributed by atoms with van der Waals surface area (Å²) >= 11 is 0. The van der Waals surface area contributed by atoms with Crippen molar-refractivity contribution in [2.45, 2.75) is 0 Å². The first-order valence-electron chi connectivity index (χ1n) is 10.7. The molecule has 0 radical (unpaired) electrons. The average Bonchev–Trinajstić information content (AvgIpc) is 2.85. The number of carbonyl (C=O) groups excluding carboxylic acids is 1. The van der Waals surface area contributed by atoms with E-state index in [4.69, 9.17) is 0 Å². The number of nitrogens with zero attached hydrogens (tertiary/aromatic N) is 5. The van der Waals surface area contributed by atoms with Crippen LogP contribution in [0.15, 0.2) is 72.8 Å². The van der Waals surface area contributed by atoms with Gasteiger partial charge in [-0.25, -0.2) is 4.98 Å². The van der Waals surface area contributed by atoms with Crippen molar-refractivity contribution in [1.29, 1.82) is 0 Å². The lowest BCUT2D eigenvalue weighted by atomic mass is 10.1. The van der Waals surface area contributed by atoms with Crippen molar-refractivity contribution in [3.05, 3.63) is 78.4 Å². The topological polar surface area (TPSA) is 74.2 Å². The first-order valence-corrected chi connectivity index (χ1v) is 10.7. The van der Waals surface area contributed by atoms with E-state index in [-0.39, 0.29) is 5.91 Å². The molecule has 1 amide bonds. The van der Waals surface area contributed by atoms with E-state index in [0.29, 0.717) is 11.5 Å². The highest BCUT2D eigenvalue weighted by molar-refractivity contribution is 5.94. The highest BCUT2D eigenvalue weighted by atomic mass is 16.2. The fraction of sp³-hybridized carbons (Fsp3) is 0.200. The van der Waals surface area contributed by atoms with Gasteiger partial charge >= 0.3 is 0 Å². The number of hydrogen-bond donors (Lipinski definition) is 1. The van der Waals surface area contributed by atoms with Crippen LogP contribution in [0, 0.1) is 0 Å². The monoisotopic (exact) mass is 424 g/mol. The predicted octanol–water partition coefficient (Wildman–Crippen LogP) is 3.82. The van der Waals surface area contributed by atoms with Gasteiger partial charge in [0, 0.05) is 37.4 Å². The number of nitrogens with one attached hydrogen (secondary N) is 1. The minimum absolute atomic E-state index is 0.0710. The maximum Gasteiger partial charge on any atom is 0.253 e. The number of piperazine rings is 1. The lowest BCUT2D eigenvalue weighted by Gasteiger charge is -2.32. The summed E-state index contributed by atoms with van der Waals surface area (Å²) in [5, 5.41) is 11.7. The van der Waals surface area contributed by atoms with Gasteiger partial charge in [0.15, 0.2) is 0 Å². The Balaban J connectivity index is 1.32. The zero-order valence-corrected chi connectivity index (χ0v) is 17.9. The number of hydrogen-bond acceptors (Lipinski definition) is 6. The van der Waals surface area contributed by atoms with Crippen LogP contribution in [0.5, 0.6) is 0 Å². The van der Waals surface area contributed by atoms with E-state index in [9.17, 15) is 4.79 Å². The van der Waals surface area contributed by atoms with Gasteiger partial charge in [0.2, 0.25) is 5.95 Å². The molecule has 0 atom stereocenters. The molecule has 0 aliphatic carbocycles. The van der Waals surface area contributed by atoms with Crippen LogP contribution in [0.25, 0.3) is 22.2 Å². The minimum Gasteiger partial charge on any atom is -0.336 e. The van der Waals surface area contributed by atoms with Crippen molar-refractivity contribution in [3.8, 4) is 11.1 Å². The second-order valence-electron chi connectivity index (χ2n) is 8.00. The largest absolute Gasteiger partial charge is 0.336 e. The Morgan fingerprint density at radius 1 is 0.812 bits per heavy atom. The summed E-state index contributed by atoms with van der Waals surface area (Å²) < 4.78 is 0. The quantitative estimate of drug-likeness (QED) is 0.537. The summed E-state index contributed by atoms with van der Waals surface area (Å²) in [5.41, 5.74) is 5.21. The summed E-state index contributed by atoms with van der Waals surface area (Å²) in [4.78, 5) is 21.5. The standard InChI is InChI=1S/C25H24N6O/c1-30-13-15-31(16-14-30)24(32)19-7-10-21(11-8-19)26-25-27-23-17-20(9-12-22(23)28-29-25)18-5-3-2-4-6-18/h2-12,17H,13-16H2,1H3,(H,26,27,29). The van der Waals surface area contributed by atoms with E-state index in [1.54, 1.807) is 0 Å². The molecule has 1 aliphatic rings. The van der Waals surface area contributed by atoms with Crippen molar-refractivity contribution >= 4 is 28.6 Å². The fourth-order valence-corrected chi connectivity index (χ4v) is 3.82. The molecular weight excluding hydrogens is 400 g/mol. The first-order chi connectivity index (χ1) is 15.7. The number of benzene rings is 3. The first kappa shape index (κ1) is 20.1. The SMILES string of the molecule is CN1CCN(C(=O)c2ccc(Nc3nnc4ccc(-c5ccccc5)cc4n3)cc2)CC1. The molecule has 1 N–H and O–H groups in total. The summed E-state index contributed by atoms with van der Waals surface area (Å²) in [6, 6.07) is 23.6. The van der Waals surface area contributed by atoms with Crippen LogP contribution >= 0.6 is 0 Å². The molecule has 0 bridgehead atoms. The van der Waals surface area contributed by atoms with Crippen LogP contribution < -0.4 is 5.32 Å². The normalized spacial score (nSPS) is 14.5. The summed E-state index contributed by atoms with van der Waals surface area (Å²) in [5.74, 6) is 0.488. The second kappa shape index (κ2) is 8.72. The number of likely N-dealkylation sites (N-methyl/N-ethyl adjacent to an activating group) is 1. The van der Waals surface area contributed by atoms with Gasteiger partial charge in [-0.15, -0.1) is 10.2 Å². The van der Waals surface area contributed by atoms with Crippen LogP contribution in [0.2, 0.25) is 0 Å². The molecular formula is C25H24N6O. The Kier molecular flexibility index (Phi) is 5.47. The van der Waals surface area contributed by atoms with Crippen LogP contribution in [-0.2, 0) is 0 Å². The maximum absolute atomic E-state index is 12.7. The molecule has 0 saturated carbocycles. The van der Waals surface area contributed by atoms with E-state index >= 15 is 0 Å². The molecule has 3 aromatic carbocycles. The van der Waals surface area contributed by atoms with E-state index in [1.165, 1.54) is 0 Å². The Morgan fingerprint density at radius 3 is 2.31 bits per heavy atom. The average molecular weight is 425 g/mol. The van der Waals surface area contributed by atoms with Crippen LogP contribution in [0.3, 0.4) is 0 Å². The van der Waals surface area contributed by atoms with Crippen LogP contribution in [0.4, 0.5) is 11.6 Å². The minimum atomic E-state index is 0.0710. The van der Waals surface area contributed by atoms with Gasteiger partial charge in [-0.1, -0.05) is 36.4 Å². The molecule has 7 heteroatoms.